The highest BCUT2D eigenvalue weighted by Gasteiger charge is 2.27. The summed E-state index contributed by atoms with van der Waals surface area (Å²) in [5.74, 6) is 0.00343. The van der Waals surface area contributed by atoms with Crippen molar-refractivity contribution in [2.24, 2.45) is 0 Å². The first-order valence-electron chi connectivity index (χ1n) is 6.35. The highest BCUT2D eigenvalue weighted by Crippen LogP contribution is 2.06. The number of hydrogen-bond acceptors (Lipinski definition) is 3. The van der Waals surface area contributed by atoms with Crippen LogP contribution in [-0.2, 0) is 16.1 Å². The minimum Gasteiger partial charge on any atom is -0.375 e. The lowest BCUT2D eigenvalue weighted by Crippen LogP contribution is -2.55. The molecule has 1 heterocycles. The Morgan fingerprint density at radius 3 is 3.11 bits per heavy atom. The number of amides is 1. The van der Waals surface area contributed by atoms with Gasteiger partial charge in [0.1, 0.15) is 6.04 Å². The van der Waals surface area contributed by atoms with E-state index < -0.39 is 0 Å². The zero-order valence-electron chi connectivity index (χ0n) is 10.9. The Labute approximate surface area is 108 Å². The van der Waals surface area contributed by atoms with Crippen molar-refractivity contribution in [3.05, 3.63) is 35.4 Å². The van der Waals surface area contributed by atoms with Crippen molar-refractivity contribution in [2.75, 3.05) is 13.2 Å². The maximum atomic E-state index is 12.0. The first kappa shape index (κ1) is 13.1. The summed E-state index contributed by atoms with van der Waals surface area (Å²) in [5, 5.41) is 6.12. The van der Waals surface area contributed by atoms with Crippen molar-refractivity contribution >= 4 is 5.91 Å². The zero-order valence-corrected chi connectivity index (χ0v) is 10.9. The molecule has 4 heteroatoms. The van der Waals surface area contributed by atoms with Crippen molar-refractivity contribution in [3.63, 3.8) is 0 Å². The standard InChI is InChI=1S/C14H20N2O2/c1-10-4-3-5-12(8-10)9-16-14(17)13-11(2)18-7-6-15-13/h3-5,8,11,13,15H,6-7,9H2,1-2H3,(H,16,17)/t11-,13+/m1/s1. The monoisotopic (exact) mass is 248 g/mol. The quantitative estimate of drug-likeness (QED) is 0.838. The van der Waals surface area contributed by atoms with Crippen molar-refractivity contribution in [3.8, 4) is 0 Å². The van der Waals surface area contributed by atoms with Gasteiger partial charge in [-0.05, 0) is 19.4 Å². The summed E-state index contributed by atoms with van der Waals surface area (Å²) in [6, 6.07) is 7.89. The number of carbonyl (C=O) groups excluding carboxylic acids is 1. The third kappa shape index (κ3) is 3.31. The maximum Gasteiger partial charge on any atom is 0.240 e. The average Bonchev–Trinajstić information content (AvgIpc) is 2.37. The molecular weight excluding hydrogens is 228 g/mol. The van der Waals surface area contributed by atoms with E-state index in [0.29, 0.717) is 13.2 Å². The number of hydrogen-bond donors (Lipinski definition) is 2. The third-order valence-corrected chi connectivity index (χ3v) is 3.15. The van der Waals surface area contributed by atoms with Crippen LogP contribution in [0.5, 0.6) is 0 Å². The summed E-state index contributed by atoms with van der Waals surface area (Å²) in [6.45, 7) is 5.92. The lowest BCUT2D eigenvalue weighted by molar-refractivity contribution is -0.129. The Morgan fingerprint density at radius 2 is 2.39 bits per heavy atom. The molecule has 0 unspecified atom stereocenters. The maximum absolute atomic E-state index is 12.0. The molecule has 1 aliphatic rings. The van der Waals surface area contributed by atoms with E-state index in [-0.39, 0.29) is 18.1 Å². The Kier molecular flexibility index (Phi) is 4.33. The molecule has 1 amide bonds. The van der Waals surface area contributed by atoms with Gasteiger partial charge < -0.3 is 15.4 Å². The molecule has 18 heavy (non-hydrogen) atoms. The fraction of sp³-hybridized carbons (Fsp3) is 0.500. The van der Waals surface area contributed by atoms with Crippen molar-refractivity contribution < 1.29 is 9.53 Å². The number of aryl methyl sites for hydroxylation is 1. The minimum absolute atomic E-state index is 0.00343. The Morgan fingerprint density at radius 1 is 1.56 bits per heavy atom. The van der Waals surface area contributed by atoms with E-state index in [1.807, 2.05) is 32.0 Å². The van der Waals surface area contributed by atoms with Gasteiger partial charge in [0.2, 0.25) is 5.91 Å². The molecule has 0 bridgehead atoms. The van der Waals surface area contributed by atoms with Gasteiger partial charge >= 0.3 is 0 Å². The molecule has 0 spiro atoms. The number of nitrogens with one attached hydrogen (secondary N) is 2. The number of rotatable bonds is 3. The average molecular weight is 248 g/mol. The van der Waals surface area contributed by atoms with Crippen LogP contribution in [0.3, 0.4) is 0 Å². The van der Waals surface area contributed by atoms with Gasteiger partial charge in [-0.1, -0.05) is 29.8 Å². The van der Waals surface area contributed by atoms with E-state index >= 15 is 0 Å². The van der Waals surface area contributed by atoms with Crippen LogP contribution in [0.1, 0.15) is 18.1 Å². The van der Waals surface area contributed by atoms with Crippen LogP contribution in [0.2, 0.25) is 0 Å². The molecule has 0 aliphatic carbocycles. The number of morpholine rings is 1. The highest BCUT2D eigenvalue weighted by molar-refractivity contribution is 5.82. The first-order chi connectivity index (χ1) is 8.66. The molecule has 2 rings (SSSR count). The summed E-state index contributed by atoms with van der Waals surface area (Å²) in [5.41, 5.74) is 2.32. The summed E-state index contributed by atoms with van der Waals surface area (Å²) in [4.78, 5) is 12.0. The fourth-order valence-corrected chi connectivity index (χ4v) is 2.15. The van der Waals surface area contributed by atoms with E-state index in [0.717, 1.165) is 12.1 Å². The Balaban J connectivity index is 1.88. The summed E-state index contributed by atoms with van der Waals surface area (Å²) >= 11 is 0. The van der Waals surface area contributed by atoms with Gasteiger partial charge in [-0.2, -0.15) is 0 Å². The van der Waals surface area contributed by atoms with Crippen molar-refractivity contribution in [2.45, 2.75) is 32.5 Å². The second-order valence-electron chi connectivity index (χ2n) is 4.71. The molecule has 1 fully saturated rings. The van der Waals surface area contributed by atoms with Gasteiger partial charge in [0.05, 0.1) is 12.7 Å². The molecule has 0 aromatic heterocycles. The van der Waals surface area contributed by atoms with Gasteiger partial charge in [-0.15, -0.1) is 0 Å². The molecule has 1 aliphatic heterocycles. The molecule has 2 N–H and O–H groups in total. The predicted molar refractivity (Wildman–Crippen MR) is 70.2 cm³/mol. The molecule has 2 atom stereocenters. The van der Waals surface area contributed by atoms with Gasteiger partial charge in [-0.3, -0.25) is 4.79 Å². The van der Waals surface area contributed by atoms with Crippen LogP contribution >= 0.6 is 0 Å². The van der Waals surface area contributed by atoms with Crippen LogP contribution in [0, 0.1) is 6.92 Å². The first-order valence-corrected chi connectivity index (χ1v) is 6.35. The summed E-state index contributed by atoms with van der Waals surface area (Å²) < 4.78 is 5.46. The topological polar surface area (TPSA) is 50.4 Å². The number of carbonyl (C=O) groups is 1. The Bertz CT molecular complexity index is 420. The van der Waals surface area contributed by atoms with Crippen LogP contribution in [-0.4, -0.2) is 31.2 Å². The van der Waals surface area contributed by atoms with Crippen LogP contribution < -0.4 is 10.6 Å². The molecule has 98 valence electrons. The largest absolute Gasteiger partial charge is 0.375 e. The van der Waals surface area contributed by atoms with Gasteiger partial charge in [0.15, 0.2) is 0 Å². The molecule has 0 radical (unpaired) electrons. The zero-order chi connectivity index (χ0) is 13.0. The van der Waals surface area contributed by atoms with E-state index in [1.54, 1.807) is 0 Å². The molecule has 1 aromatic carbocycles. The minimum atomic E-state index is -0.247. The second-order valence-corrected chi connectivity index (χ2v) is 4.71. The second kappa shape index (κ2) is 5.98. The van der Waals surface area contributed by atoms with Gasteiger partial charge in [0, 0.05) is 13.1 Å². The SMILES string of the molecule is Cc1cccc(CNC(=O)[C@H]2NCCO[C@@H]2C)c1. The van der Waals surface area contributed by atoms with E-state index in [9.17, 15) is 4.79 Å². The summed E-state index contributed by atoms with van der Waals surface area (Å²) in [7, 11) is 0. The molecule has 1 saturated heterocycles. The molecular formula is C14H20N2O2. The smallest absolute Gasteiger partial charge is 0.240 e. The molecule has 1 aromatic rings. The van der Waals surface area contributed by atoms with E-state index in [1.165, 1.54) is 5.56 Å². The lowest BCUT2D eigenvalue weighted by atomic mass is 10.1. The van der Waals surface area contributed by atoms with Gasteiger partial charge in [-0.25, -0.2) is 0 Å². The van der Waals surface area contributed by atoms with Crippen molar-refractivity contribution in [1.82, 2.24) is 10.6 Å². The van der Waals surface area contributed by atoms with Crippen LogP contribution in [0.25, 0.3) is 0 Å². The van der Waals surface area contributed by atoms with E-state index in [2.05, 4.69) is 16.7 Å². The number of ether oxygens (including phenoxy) is 1. The number of benzene rings is 1. The van der Waals surface area contributed by atoms with Crippen molar-refractivity contribution in [1.29, 1.82) is 0 Å². The lowest BCUT2D eigenvalue weighted by Gasteiger charge is -2.29. The van der Waals surface area contributed by atoms with Crippen LogP contribution in [0.4, 0.5) is 0 Å². The summed E-state index contributed by atoms with van der Waals surface area (Å²) in [6.07, 6.45) is -0.0729. The Hall–Kier alpha value is -1.39. The highest BCUT2D eigenvalue weighted by atomic mass is 16.5. The normalized spacial score (nSPS) is 23.7. The fourth-order valence-electron chi connectivity index (χ4n) is 2.15. The molecule has 4 nitrogen and oxygen atoms in total. The van der Waals surface area contributed by atoms with E-state index in [4.69, 9.17) is 4.74 Å². The van der Waals surface area contributed by atoms with Gasteiger partial charge in [0.25, 0.3) is 0 Å². The third-order valence-electron chi connectivity index (χ3n) is 3.15. The predicted octanol–water partition coefficient (Wildman–Crippen LogP) is 0.988. The molecule has 0 saturated carbocycles. The van der Waals surface area contributed by atoms with Crippen LogP contribution in [0.15, 0.2) is 24.3 Å².